The molecular weight excluding hydrogens is 282 g/mol. The van der Waals surface area contributed by atoms with Gasteiger partial charge in [0.05, 0.1) is 6.10 Å². The Bertz CT molecular complexity index is 448. The molecule has 3 rings (SSSR count). The molecule has 0 radical (unpaired) electrons. The molecule has 0 spiro atoms. The number of likely N-dealkylation sites (N-methyl/N-ethyl adjacent to an activating group) is 1. The molecule has 2 aliphatic heterocycles. The van der Waals surface area contributed by atoms with Crippen LogP contribution in [0.15, 0.2) is 29.2 Å². The monoisotopic (exact) mass is 307 g/mol. The van der Waals surface area contributed by atoms with Gasteiger partial charge in [-0.1, -0.05) is 19.1 Å². The van der Waals surface area contributed by atoms with Gasteiger partial charge in [-0.05, 0) is 44.4 Å². The number of ether oxygens (including phenoxy) is 2. The fraction of sp³-hybridized carbons (Fsp3) is 0.647. The van der Waals surface area contributed by atoms with Crippen molar-refractivity contribution in [3.05, 3.63) is 24.3 Å². The van der Waals surface area contributed by atoms with Crippen LogP contribution in [0, 0.1) is 0 Å². The van der Waals surface area contributed by atoms with Crippen molar-refractivity contribution in [2.24, 2.45) is 0 Å². The standard InChI is InChI=1S/C17H25NO2S/c1-2-18-14(10-9-13-6-5-11-19-13)16-12-21-17-8-4-3-7-15(17)20-16/h3-4,7-8,13-14,16,18H,2,5-6,9-12H2,1H3. The average molecular weight is 307 g/mol. The molecule has 21 heavy (non-hydrogen) atoms. The number of fused-ring (bicyclic) bond motifs is 1. The van der Waals surface area contributed by atoms with Crippen LogP contribution in [0.4, 0.5) is 0 Å². The Labute approximate surface area is 131 Å². The lowest BCUT2D eigenvalue weighted by atomic mass is 10.0. The fourth-order valence-electron chi connectivity index (χ4n) is 3.15. The Morgan fingerprint density at radius 3 is 3.10 bits per heavy atom. The largest absolute Gasteiger partial charge is 0.487 e. The molecular formula is C17H25NO2S. The van der Waals surface area contributed by atoms with Gasteiger partial charge in [0.2, 0.25) is 0 Å². The number of hydrogen-bond donors (Lipinski definition) is 1. The highest BCUT2D eigenvalue weighted by molar-refractivity contribution is 7.99. The minimum absolute atomic E-state index is 0.256. The molecule has 3 atom stereocenters. The minimum Gasteiger partial charge on any atom is -0.487 e. The molecule has 0 amide bonds. The molecule has 3 unspecified atom stereocenters. The third-order valence-electron chi connectivity index (χ3n) is 4.27. The van der Waals surface area contributed by atoms with Crippen molar-refractivity contribution >= 4 is 11.8 Å². The molecule has 0 bridgehead atoms. The fourth-order valence-corrected chi connectivity index (χ4v) is 4.23. The van der Waals surface area contributed by atoms with Crippen LogP contribution in [0.25, 0.3) is 0 Å². The van der Waals surface area contributed by atoms with E-state index >= 15 is 0 Å². The number of para-hydroxylation sites is 1. The maximum atomic E-state index is 6.24. The second kappa shape index (κ2) is 7.52. The van der Waals surface area contributed by atoms with E-state index in [-0.39, 0.29) is 6.10 Å². The summed E-state index contributed by atoms with van der Waals surface area (Å²) in [5.74, 6) is 2.07. The topological polar surface area (TPSA) is 30.5 Å². The molecule has 1 fully saturated rings. The lowest BCUT2D eigenvalue weighted by molar-refractivity contribution is 0.0903. The van der Waals surface area contributed by atoms with Crippen LogP contribution in [0.5, 0.6) is 5.75 Å². The second-order valence-electron chi connectivity index (χ2n) is 5.79. The molecule has 1 aromatic carbocycles. The van der Waals surface area contributed by atoms with Crippen molar-refractivity contribution in [3.63, 3.8) is 0 Å². The van der Waals surface area contributed by atoms with Gasteiger partial charge in [-0.3, -0.25) is 0 Å². The van der Waals surface area contributed by atoms with E-state index < -0.39 is 0 Å². The molecule has 1 saturated heterocycles. The smallest absolute Gasteiger partial charge is 0.133 e. The molecule has 1 N–H and O–H groups in total. The quantitative estimate of drug-likeness (QED) is 0.871. The summed E-state index contributed by atoms with van der Waals surface area (Å²) in [6, 6.07) is 8.77. The third kappa shape index (κ3) is 3.93. The van der Waals surface area contributed by atoms with Gasteiger partial charge >= 0.3 is 0 Å². The molecule has 2 aliphatic rings. The van der Waals surface area contributed by atoms with Crippen LogP contribution in [-0.2, 0) is 4.74 Å². The first-order valence-corrected chi connectivity index (χ1v) is 9.09. The van der Waals surface area contributed by atoms with Gasteiger partial charge in [-0.15, -0.1) is 11.8 Å². The van der Waals surface area contributed by atoms with E-state index in [9.17, 15) is 0 Å². The van der Waals surface area contributed by atoms with Crippen molar-refractivity contribution in [2.45, 2.75) is 55.8 Å². The molecule has 4 heteroatoms. The lowest BCUT2D eigenvalue weighted by Gasteiger charge is -2.32. The molecule has 116 valence electrons. The van der Waals surface area contributed by atoms with Crippen LogP contribution in [0.3, 0.4) is 0 Å². The zero-order valence-corrected chi connectivity index (χ0v) is 13.5. The summed E-state index contributed by atoms with van der Waals surface area (Å²) in [5.41, 5.74) is 0. The Hall–Kier alpha value is -0.710. The Kier molecular flexibility index (Phi) is 5.44. The van der Waals surface area contributed by atoms with Crippen LogP contribution >= 0.6 is 11.8 Å². The Morgan fingerprint density at radius 1 is 1.38 bits per heavy atom. The maximum Gasteiger partial charge on any atom is 0.133 e. The van der Waals surface area contributed by atoms with E-state index in [4.69, 9.17) is 9.47 Å². The van der Waals surface area contributed by atoms with E-state index in [0.29, 0.717) is 12.1 Å². The Morgan fingerprint density at radius 2 is 2.29 bits per heavy atom. The van der Waals surface area contributed by atoms with Gasteiger partial charge in [0.1, 0.15) is 11.9 Å². The van der Waals surface area contributed by atoms with Crippen molar-refractivity contribution in [2.75, 3.05) is 18.9 Å². The van der Waals surface area contributed by atoms with Crippen molar-refractivity contribution in [1.82, 2.24) is 5.32 Å². The zero-order valence-electron chi connectivity index (χ0n) is 12.7. The summed E-state index contributed by atoms with van der Waals surface area (Å²) in [6.45, 7) is 4.10. The Balaban J connectivity index is 1.58. The second-order valence-corrected chi connectivity index (χ2v) is 6.85. The number of hydrogen-bond acceptors (Lipinski definition) is 4. The first-order chi connectivity index (χ1) is 10.4. The summed E-state index contributed by atoms with van der Waals surface area (Å²) < 4.78 is 12.0. The first kappa shape index (κ1) is 15.2. The number of rotatable bonds is 6. The molecule has 0 aromatic heterocycles. The number of benzene rings is 1. The van der Waals surface area contributed by atoms with E-state index in [1.807, 2.05) is 11.8 Å². The van der Waals surface area contributed by atoms with Crippen LogP contribution in [0.2, 0.25) is 0 Å². The molecule has 1 aromatic rings. The average Bonchev–Trinajstić information content (AvgIpc) is 3.04. The van der Waals surface area contributed by atoms with Gasteiger partial charge in [0.15, 0.2) is 0 Å². The summed E-state index contributed by atoms with van der Waals surface area (Å²) in [6.07, 6.45) is 5.44. The number of nitrogens with one attached hydrogen (secondary N) is 1. The molecule has 3 nitrogen and oxygen atoms in total. The highest BCUT2D eigenvalue weighted by Crippen LogP contribution is 2.36. The zero-order chi connectivity index (χ0) is 14.5. The maximum absolute atomic E-state index is 6.24. The predicted molar refractivity (Wildman–Crippen MR) is 87.3 cm³/mol. The van der Waals surface area contributed by atoms with Gasteiger partial charge in [0.25, 0.3) is 0 Å². The van der Waals surface area contributed by atoms with Crippen LogP contribution < -0.4 is 10.1 Å². The highest BCUT2D eigenvalue weighted by atomic mass is 32.2. The van der Waals surface area contributed by atoms with Gasteiger partial charge in [-0.2, -0.15) is 0 Å². The van der Waals surface area contributed by atoms with E-state index in [1.54, 1.807) is 0 Å². The minimum atomic E-state index is 0.256. The van der Waals surface area contributed by atoms with Crippen molar-refractivity contribution < 1.29 is 9.47 Å². The van der Waals surface area contributed by atoms with E-state index in [1.165, 1.54) is 17.7 Å². The van der Waals surface area contributed by atoms with E-state index in [0.717, 1.165) is 37.5 Å². The van der Waals surface area contributed by atoms with Crippen LogP contribution in [-0.4, -0.2) is 37.2 Å². The van der Waals surface area contributed by atoms with Gasteiger partial charge in [0, 0.05) is 23.3 Å². The normalized spacial score (nSPS) is 26.1. The first-order valence-electron chi connectivity index (χ1n) is 8.10. The molecule has 2 heterocycles. The van der Waals surface area contributed by atoms with Crippen molar-refractivity contribution in [1.29, 1.82) is 0 Å². The van der Waals surface area contributed by atoms with Crippen LogP contribution in [0.1, 0.15) is 32.6 Å². The summed E-state index contributed by atoms with van der Waals surface area (Å²) in [4.78, 5) is 1.27. The van der Waals surface area contributed by atoms with Crippen molar-refractivity contribution in [3.8, 4) is 5.75 Å². The molecule has 0 aliphatic carbocycles. The van der Waals surface area contributed by atoms with E-state index in [2.05, 4.69) is 36.5 Å². The lowest BCUT2D eigenvalue weighted by Crippen LogP contribution is -2.46. The third-order valence-corrected chi connectivity index (χ3v) is 5.41. The van der Waals surface area contributed by atoms with Gasteiger partial charge < -0.3 is 14.8 Å². The summed E-state index contributed by atoms with van der Waals surface area (Å²) >= 11 is 1.91. The highest BCUT2D eigenvalue weighted by Gasteiger charge is 2.28. The van der Waals surface area contributed by atoms with Gasteiger partial charge in [-0.25, -0.2) is 0 Å². The summed E-state index contributed by atoms with van der Waals surface area (Å²) in [7, 11) is 0. The predicted octanol–water partition coefficient (Wildman–Crippen LogP) is 3.48. The number of thioether (sulfide) groups is 1. The SMILES string of the molecule is CCNC(CCC1CCCO1)C1CSc2ccccc2O1. The molecule has 0 saturated carbocycles. The summed E-state index contributed by atoms with van der Waals surface area (Å²) in [5, 5.41) is 3.61.